The number of nitrogens with zero attached hydrogens (tertiary/aromatic N) is 1. The Hall–Kier alpha value is -3.99. The molecule has 3 aromatic carbocycles. The molecule has 2 amide bonds. The van der Waals surface area contributed by atoms with Gasteiger partial charge in [0.1, 0.15) is 0 Å². The van der Waals surface area contributed by atoms with E-state index in [1.807, 2.05) is 60.7 Å². The fourth-order valence-corrected chi connectivity index (χ4v) is 5.05. The van der Waals surface area contributed by atoms with E-state index in [2.05, 4.69) is 12.2 Å². The first-order chi connectivity index (χ1) is 16.1. The van der Waals surface area contributed by atoms with Crippen LogP contribution in [-0.4, -0.2) is 24.9 Å². The fourth-order valence-electron chi connectivity index (χ4n) is 5.05. The Balaban J connectivity index is 1.58. The van der Waals surface area contributed by atoms with Crippen LogP contribution in [0.4, 0.5) is 5.69 Å². The van der Waals surface area contributed by atoms with Crippen molar-refractivity contribution in [2.45, 2.75) is 11.8 Å². The van der Waals surface area contributed by atoms with Crippen molar-refractivity contribution in [2.75, 3.05) is 12.0 Å². The molecule has 0 bridgehead atoms. The summed E-state index contributed by atoms with van der Waals surface area (Å²) in [4.78, 5) is 40.6. The summed E-state index contributed by atoms with van der Waals surface area (Å²) in [6.07, 6.45) is 4.15. The first kappa shape index (κ1) is 20.9. The highest BCUT2D eigenvalue weighted by atomic mass is 16.5. The second-order valence-electron chi connectivity index (χ2n) is 8.36. The van der Waals surface area contributed by atoms with Crippen LogP contribution in [0, 0.1) is 11.8 Å². The highest BCUT2D eigenvalue weighted by molar-refractivity contribution is 6.23. The number of fused-ring (bicyclic) bond motifs is 1. The van der Waals surface area contributed by atoms with Crippen LogP contribution in [0.3, 0.4) is 0 Å². The van der Waals surface area contributed by atoms with Gasteiger partial charge in [-0.25, -0.2) is 9.69 Å². The molecule has 5 rings (SSSR count). The Kier molecular flexibility index (Phi) is 5.38. The smallest absolute Gasteiger partial charge is 0.337 e. The number of benzene rings is 3. The molecule has 0 unspecified atom stereocenters. The second-order valence-corrected chi connectivity index (χ2v) is 8.36. The molecular weight excluding hydrogens is 414 g/mol. The number of amides is 2. The summed E-state index contributed by atoms with van der Waals surface area (Å²) in [7, 11) is 1.31. The number of hydrogen-bond acceptors (Lipinski definition) is 4. The van der Waals surface area contributed by atoms with E-state index in [0.29, 0.717) is 11.3 Å². The number of rotatable bonds is 4. The van der Waals surface area contributed by atoms with Crippen LogP contribution in [0.2, 0.25) is 0 Å². The molecule has 5 heteroatoms. The van der Waals surface area contributed by atoms with E-state index in [4.69, 9.17) is 4.74 Å². The van der Waals surface area contributed by atoms with Gasteiger partial charge >= 0.3 is 5.97 Å². The normalized spacial score (nSPS) is 24.0. The quantitative estimate of drug-likeness (QED) is 0.337. The molecule has 1 aliphatic heterocycles. The van der Waals surface area contributed by atoms with Crippen molar-refractivity contribution < 1.29 is 19.1 Å². The summed E-state index contributed by atoms with van der Waals surface area (Å²) < 4.78 is 4.75. The Morgan fingerprint density at radius 2 is 1.15 bits per heavy atom. The molecule has 0 N–H and O–H groups in total. The number of hydrogen-bond donors (Lipinski definition) is 0. The van der Waals surface area contributed by atoms with E-state index >= 15 is 0 Å². The van der Waals surface area contributed by atoms with Gasteiger partial charge in [0.25, 0.3) is 0 Å². The fraction of sp³-hybridized carbons (Fsp3) is 0.179. The van der Waals surface area contributed by atoms with Crippen molar-refractivity contribution in [1.82, 2.24) is 0 Å². The molecule has 3 aromatic rings. The third-order valence-corrected chi connectivity index (χ3v) is 6.61. The Labute approximate surface area is 192 Å². The highest BCUT2D eigenvalue weighted by Gasteiger charge is 2.55. The molecule has 1 fully saturated rings. The molecule has 164 valence electrons. The van der Waals surface area contributed by atoms with Crippen LogP contribution in [-0.2, 0) is 14.3 Å². The number of carbonyl (C=O) groups is 3. The number of imide groups is 1. The summed E-state index contributed by atoms with van der Waals surface area (Å²) in [5.41, 5.74) is 2.85. The van der Waals surface area contributed by atoms with Gasteiger partial charge < -0.3 is 4.74 Å². The van der Waals surface area contributed by atoms with Crippen LogP contribution in [0.25, 0.3) is 0 Å². The maximum Gasteiger partial charge on any atom is 0.337 e. The van der Waals surface area contributed by atoms with Gasteiger partial charge in [-0.2, -0.15) is 0 Å². The SMILES string of the molecule is COC(=O)c1ccc(N2C(=O)[C@H]3[C@H](C2=O)[C@@H](c2ccccc2)C=C[C@@H]3c2ccccc2)cc1. The largest absolute Gasteiger partial charge is 0.465 e. The van der Waals surface area contributed by atoms with Crippen molar-refractivity contribution >= 4 is 23.5 Å². The summed E-state index contributed by atoms with van der Waals surface area (Å²) in [6, 6.07) is 26.1. The lowest BCUT2D eigenvalue weighted by Gasteiger charge is -2.32. The maximum atomic E-state index is 13.8. The van der Waals surface area contributed by atoms with Gasteiger partial charge in [0.05, 0.1) is 30.2 Å². The maximum absolute atomic E-state index is 13.8. The lowest BCUT2D eigenvalue weighted by atomic mass is 9.68. The first-order valence-electron chi connectivity index (χ1n) is 10.9. The van der Waals surface area contributed by atoms with Crippen LogP contribution in [0.1, 0.15) is 33.3 Å². The van der Waals surface area contributed by atoms with Crippen LogP contribution in [0.5, 0.6) is 0 Å². The predicted molar refractivity (Wildman–Crippen MR) is 125 cm³/mol. The lowest BCUT2D eigenvalue weighted by molar-refractivity contribution is -0.122. The lowest BCUT2D eigenvalue weighted by Crippen LogP contribution is -2.31. The molecule has 1 saturated heterocycles. The number of anilines is 1. The molecular formula is C28H23NO4. The molecule has 5 nitrogen and oxygen atoms in total. The van der Waals surface area contributed by atoms with E-state index < -0.39 is 17.8 Å². The Morgan fingerprint density at radius 3 is 1.58 bits per heavy atom. The van der Waals surface area contributed by atoms with Crippen molar-refractivity contribution in [3.8, 4) is 0 Å². The number of esters is 1. The average molecular weight is 437 g/mol. The summed E-state index contributed by atoms with van der Waals surface area (Å²) in [5, 5.41) is 0. The van der Waals surface area contributed by atoms with E-state index in [-0.39, 0.29) is 23.7 Å². The van der Waals surface area contributed by atoms with Gasteiger partial charge in [-0.3, -0.25) is 9.59 Å². The zero-order valence-electron chi connectivity index (χ0n) is 18.1. The number of methoxy groups -OCH3 is 1. The van der Waals surface area contributed by atoms with E-state index in [1.54, 1.807) is 24.3 Å². The average Bonchev–Trinajstić information content (AvgIpc) is 3.14. The van der Waals surface area contributed by atoms with Crippen molar-refractivity contribution in [3.63, 3.8) is 0 Å². The Morgan fingerprint density at radius 1 is 0.697 bits per heavy atom. The molecule has 1 heterocycles. The molecule has 33 heavy (non-hydrogen) atoms. The minimum atomic E-state index is -0.504. The van der Waals surface area contributed by atoms with Gasteiger partial charge in [-0.15, -0.1) is 0 Å². The summed E-state index contributed by atoms with van der Waals surface area (Å²) >= 11 is 0. The third kappa shape index (κ3) is 3.55. The van der Waals surface area contributed by atoms with Gasteiger partial charge in [-0.05, 0) is 35.4 Å². The van der Waals surface area contributed by atoms with Gasteiger partial charge in [0.15, 0.2) is 0 Å². The molecule has 2 aliphatic rings. The highest BCUT2D eigenvalue weighted by Crippen LogP contribution is 2.50. The zero-order valence-corrected chi connectivity index (χ0v) is 18.1. The zero-order chi connectivity index (χ0) is 22.9. The van der Waals surface area contributed by atoms with Gasteiger partial charge in [0, 0.05) is 11.8 Å². The monoisotopic (exact) mass is 437 g/mol. The van der Waals surface area contributed by atoms with E-state index in [9.17, 15) is 14.4 Å². The minimum Gasteiger partial charge on any atom is -0.465 e. The van der Waals surface area contributed by atoms with E-state index in [0.717, 1.165) is 11.1 Å². The van der Waals surface area contributed by atoms with Crippen molar-refractivity contribution in [1.29, 1.82) is 0 Å². The topological polar surface area (TPSA) is 63.7 Å². The van der Waals surface area contributed by atoms with Crippen LogP contribution >= 0.6 is 0 Å². The molecule has 0 spiro atoms. The second kappa shape index (κ2) is 8.51. The third-order valence-electron chi connectivity index (χ3n) is 6.61. The minimum absolute atomic E-state index is 0.188. The standard InChI is InChI=1S/C28H23NO4/c1-33-28(32)20-12-14-21(15-13-20)29-26(30)24-22(18-8-4-2-5-9-18)16-17-23(25(24)27(29)31)19-10-6-3-7-11-19/h2-17,22-25H,1H3/t22-,23-,24-,25-/m1/s1. The van der Waals surface area contributed by atoms with Crippen LogP contribution in [0.15, 0.2) is 97.1 Å². The summed E-state index contributed by atoms with van der Waals surface area (Å²) in [5.74, 6) is -2.28. The van der Waals surface area contributed by atoms with Crippen molar-refractivity contribution in [2.24, 2.45) is 11.8 Å². The van der Waals surface area contributed by atoms with E-state index in [1.165, 1.54) is 12.0 Å². The molecule has 0 aromatic heterocycles. The summed E-state index contributed by atoms with van der Waals surface area (Å²) in [6.45, 7) is 0. The number of ether oxygens (including phenoxy) is 1. The predicted octanol–water partition coefficient (Wildman–Crippen LogP) is 4.72. The molecule has 1 aliphatic carbocycles. The van der Waals surface area contributed by atoms with Crippen molar-refractivity contribution in [3.05, 3.63) is 114 Å². The first-order valence-corrected chi connectivity index (χ1v) is 10.9. The molecule has 0 saturated carbocycles. The molecule has 4 atom stereocenters. The Bertz CT molecular complexity index is 1150. The number of allylic oxidation sites excluding steroid dienone is 2. The van der Waals surface area contributed by atoms with Gasteiger partial charge in [-0.1, -0.05) is 72.8 Å². The van der Waals surface area contributed by atoms with Gasteiger partial charge in [0.2, 0.25) is 11.8 Å². The molecule has 0 radical (unpaired) electrons. The van der Waals surface area contributed by atoms with Crippen LogP contribution < -0.4 is 4.90 Å². The number of carbonyl (C=O) groups excluding carboxylic acids is 3.